The van der Waals surface area contributed by atoms with Crippen LogP contribution >= 0.6 is 15.9 Å². The quantitative estimate of drug-likeness (QED) is 0.507. The fourth-order valence-electron chi connectivity index (χ4n) is 1.30. The van der Waals surface area contributed by atoms with Gasteiger partial charge in [0.2, 0.25) is 6.10 Å². The number of carbonyl (C=O) groups excluding carboxylic acids is 1. The number of carbonyl (C=O) groups is 1. The van der Waals surface area contributed by atoms with Crippen molar-refractivity contribution in [1.82, 2.24) is 0 Å². The summed E-state index contributed by atoms with van der Waals surface area (Å²) < 4.78 is 5.37. The van der Waals surface area contributed by atoms with Crippen molar-refractivity contribution in [1.29, 1.82) is 0 Å². The first-order chi connectivity index (χ1) is 8.95. The van der Waals surface area contributed by atoms with Crippen LogP contribution in [-0.2, 0) is 9.53 Å². The third kappa shape index (κ3) is 4.46. The minimum absolute atomic E-state index is 0.0408. The largest absolute Gasteiger partial charge is 0.464 e. The molecule has 1 rings (SSSR count). The van der Waals surface area contributed by atoms with Gasteiger partial charge in [0, 0.05) is 10.5 Å². The van der Waals surface area contributed by atoms with Crippen LogP contribution in [0.3, 0.4) is 0 Å². The second-order valence-corrected chi connectivity index (χ2v) is 4.45. The van der Waals surface area contributed by atoms with Crippen molar-refractivity contribution in [3.05, 3.63) is 50.1 Å². The maximum Gasteiger partial charge on any atom is 0.346 e. The molecule has 0 aliphatic carbocycles. The van der Waals surface area contributed by atoms with E-state index in [1.165, 1.54) is 0 Å². The number of aliphatic hydroxyl groups excluding tert-OH is 1. The molecule has 0 unspecified atom stereocenters. The summed E-state index contributed by atoms with van der Waals surface area (Å²) in [7, 11) is 0. The Bertz CT molecular complexity index is 497. The number of halogens is 1. The van der Waals surface area contributed by atoms with Crippen molar-refractivity contribution in [2.24, 2.45) is 0 Å². The summed E-state index contributed by atoms with van der Waals surface area (Å²) in [4.78, 5) is 21.4. The van der Waals surface area contributed by atoms with Crippen LogP contribution in [0.4, 0.5) is 0 Å². The highest BCUT2D eigenvalue weighted by Crippen LogP contribution is 2.15. The second kappa shape index (κ2) is 7.01. The number of benzene rings is 1. The molecule has 1 N–H and O–H groups in total. The van der Waals surface area contributed by atoms with Crippen molar-refractivity contribution in [2.75, 3.05) is 6.61 Å². The molecule has 0 heterocycles. The number of ether oxygens (including phenoxy) is 1. The molecule has 6 nitrogen and oxygen atoms in total. The summed E-state index contributed by atoms with van der Waals surface area (Å²) in [6.07, 6.45) is -0.771. The predicted octanol–water partition coefficient (Wildman–Crippen LogP) is 1.99. The van der Waals surface area contributed by atoms with Crippen LogP contribution in [0.1, 0.15) is 12.5 Å². The summed E-state index contributed by atoms with van der Waals surface area (Å²) >= 11 is 3.24. The Morgan fingerprint density at radius 3 is 2.58 bits per heavy atom. The van der Waals surface area contributed by atoms with Crippen molar-refractivity contribution >= 4 is 28.0 Å². The van der Waals surface area contributed by atoms with Crippen molar-refractivity contribution in [3.8, 4) is 0 Å². The van der Waals surface area contributed by atoms with Crippen molar-refractivity contribution in [3.63, 3.8) is 0 Å². The SMILES string of the molecule is CCOC(=O)[C@@H](O)/C(=C\c1ccc(Br)cc1)[N+](=O)[O-]. The molecule has 0 saturated heterocycles. The lowest BCUT2D eigenvalue weighted by Crippen LogP contribution is -2.28. The second-order valence-electron chi connectivity index (χ2n) is 3.53. The molecule has 0 saturated carbocycles. The Morgan fingerprint density at radius 1 is 1.53 bits per heavy atom. The van der Waals surface area contributed by atoms with E-state index in [1.807, 2.05) is 0 Å². The first-order valence-corrected chi connectivity index (χ1v) is 6.21. The number of hydrogen-bond donors (Lipinski definition) is 1. The molecule has 19 heavy (non-hydrogen) atoms. The van der Waals surface area contributed by atoms with E-state index in [0.717, 1.165) is 10.5 Å². The zero-order valence-electron chi connectivity index (χ0n) is 10.1. The Balaban J connectivity index is 3.03. The smallest absolute Gasteiger partial charge is 0.346 e. The van der Waals surface area contributed by atoms with Gasteiger partial charge in [-0.1, -0.05) is 28.1 Å². The molecule has 0 aliphatic heterocycles. The first kappa shape index (κ1) is 15.3. The van der Waals surface area contributed by atoms with E-state index in [2.05, 4.69) is 20.7 Å². The molecule has 1 atom stereocenters. The van der Waals surface area contributed by atoms with E-state index >= 15 is 0 Å². The molecule has 1 aromatic carbocycles. The van der Waals surface area contributed by atoms with Gasteiger partial charge in [-0.05, 0) is 24.6 Å². The fraction of sp³-hybridized carbons (Fsp3) is 0.250. The molecule has 0 bridgehead atoms. The highest BCUT2D eigenvalue weighted by atomic mass is 79.9. The third-order valence-corrected chi connectivity index (χ3v) is 2.71. The lowest BCUT2D eigenvalue weighted by molar-refractivity contribution is -0.432. The minimum Gasteiger partial charge on any atom is -0.464 e. The van der Waals surface area contributed by atoms with Gasteiger partial charge in [-0.3, -0.25) is 10.1 Å². The van der Waals surface area contributed by atoms with Gasteiger partial charge in [-0.25, -0.2) is 4.79 Å². The van der Waals surface area contributed by atoms with Crippen LogP contribution in [0.5, 0.6) is 0 Å². The summed E-state index contributed by atoms with van der Waals surface area (Å²) in [6.45, 7) is 1.59. The number of esters is 1. The van der Waals surface area contributed by atoms with E-state index in [0.29, 0.717) is 5.56 Å². The summed E-state index contributed by atoms with van der Waals surface area (Å²) in [5, 5.41) is 20.5. The first-order valence-electron chi connectivity index (χ1n) is 5.42. The van der Waals surface area contributed by atoms with Gasteiger partial charge in [0.15, 0.2) is 0 Å². The van der Waals surface area contributed by atoms with Gasteiger partial charge in [-0.15, -0.1) is 0 Å². The van der Waals surface area contributed by atoms with Crippen LogP contribution in [0, 0.1) is 10.1 Å². The molecule has 1 aromatic rings. The molecule has 0 fully saturated rings. The number of rotatable bonds is 5. The average molecular weight is 330 g/mol. The summed E-state index contributed by atoms with van der Waals surface area (Å²) in [6, 6.07) is 6.62. The highest BCUT2D eigenvalue weighted by Gasteiger charge is 2.30. The molecule has 0 amide bonds. The highest BCUT2D eigenvalue weighted by molar-refractivity contribution is 9.10. The Kier molecular flexibility index (Phi) is 5.65. The standard InChI is InChI=1S/C12H12BrNO5/c1-2-19-12(16)11(15)10(14(17)18)7-8-3-5-9(13)6-4-8/h3-7,11,15H,2H2,1H3/b10-7+/t11-/m0/s1. The van der Waals surface area contributed by atoms with Gasteiger partial charge in [0.25, 0.3) is 5.70 Å². The predicted molar refractivity (Wildman–Crippen MR) is 71.8 cm³/mol. The van der Waals surface area contributed by atoms with Crippen LogP contribution in [0.2, 0.25) is 0 Å². The maximum absolute atomic E-state index is 11.3. The molecular weight excluding hydrogens is 318 g/mol. The van der Waals surface area contributed by atoms with Crippen molar-refractivity contribution < 1.29 is 19.6 Å². The molecule has 102 valence electrons. The number of aliphatic hydroxyl groups is 1. The van der Waals surface area contributed by atoms with Gasteiger partial charge < -0.3 is 9.84 Å². The third-order valence-electron chi connectivity index (χ3n) is 2.19. The van der Waals surface area contributed by atoms with E-state index in [4.69, 9.17) is 0 Å². The summed E-state index contributed by atoms with van der Waals surface area (Å²) in [5.41, 5.74) is -0.126. The zero-order valence-corrected chi connectivity index (χ0v) is 11.7. The number of nitro groups is 1. The average Bonchev–Trinajstić information content (AvgIpc) is 2.37. The molecule has 7 heteroatoms. The topological polar surface area (TPSA) is 89.7 Å². The maximum atomic E-state index is 11.3. The van der Waals surface area contributed by atoms with Gasteiger partial charge in [-0.2, -0.15) is 0 Å². The van der Waals surface area contributed by atoms with E-state index in [1.54, 1.807) is 31.2 Å². The lowest BCUT2D eigenvalue weighted by atomic mass is 10.1. The van der Waals surface area contributed by atoms with E-state index in [-0.39, 0.29) is 6.61 Å². The normalized spacial score (nSPS) is 12.9. The van der Waals surface area contributed by atoms with Gasteiger partial charge in [0.1, 0.15) is 0 Å². The molecule has 0 spiro atoms. The summed E-state index contributed by atoms with van der Waals surface area (Å²) in [5.74, 6) is -1.04. The van der Waals surface area contributed by atoms with Crippen LogP contribution in [0.25, 0.3) is 6.08 Å². The van der Waals surface area contributed by atoms with E-state index < -0.39 is 22.7 Å². The van der Waals surface area contributed by atoms with Crippen LogP contribution in [0.15, 0.2) is 34.4 Å². The Hall–Kier alpha value is -1.73. The van der Waals surface area contributed by atoms with E-state index in [9.17, 15) is 20.0 Å². The number of nitrogens with zero attached hydrogens (tertiary/aromatic N) is 1. The molecule has 0 aliphatic rings. The van der Waals surface area contributed by atoms with Gasteiger partial charge >= 0.3 is 5.97 Å². The zero-order chi connectivity index (χ0) is 14.4. The minimum atomic E-state index is -1.90. The molecular formula is C12H12BrNO5. The van der Waals surface area contributed by atoms with Crippen LogP contribution in [-0.4, -0.2) is 28.7 Å². The molecule has 0 aromatic heterocycles. The fourth-order valence-corrected chi connectivity index (χ4v) is 1.57. The Labute approximate surface area is 118 Å². The Morgan fingerprint density at radius 2 is 2.11 bits per heavy atom. The monoisotopic (exact) mass is 329 g/mol. The molecule has 0 radical (unpaired) electrons. The number of hydrogen-bond acceptors (Lipinski definition) is 5. The van der Waals surface area contributed by atoms with Crippen LogP contribution < -0.4 is 0 Å². The van der Waals surface area contributed by atoms with Gasteiger partial charge in [0.05, 0.1) is 11.5 Å². The lowest BCUT2D eigenvalue weighted by Gasteiger charge is -2.07. The van der Waals surface area contributed by atoms with Crippen molar-refractivity contribution in [2.45, 2.75) is 13.0 Å².